The number of esters is 3. The Balaban J connectivity index is 4.80. The van der Waals surface area contributed by atoms with Gasteiger partial charge in [0.25, 0.3) is 0 Å². The number of aliphatic hydroxyl groups is 2. The summed E-state index contributed by atoms with van der Waals surface area (Å²) in [4.78, 5) is 58.3. The molecule has 0 saturated heterocycles. The maximum Gasteiger partial charge on any atom is 0.472 e. The first-order chi connectivity index (χ1) is 44.2. The zero-order valence-corrected chi connectivity index (χ0v) is 57.5. The molecule has 0 rings (SSSR count). The second-order valence-electron chi connectivity index (χ2n) is 21.9. The number of aliphatic hydroxyl groups excluding tert-OH is 2. The lowest BCUT2D eigenvalue weighted by Gasteiger charge is -2.21. The molecular formula is C73H118O16P2. The van der Waals surface area contributed by atoms with Crippen LogP contribution in [0, 0.1) is 0 Å². The van der Waals surface area contributed by atoms with Gasteiger partial charge in [0.05, 0.1) is 26.4 Å². The van der Waals surface area contributed by atoms with Crippen LogP contribution >= 0.6 is 15.6 Å². The first kappa shape index (κ1) is 86.2. The van der Waals surface area contributed by atoms with Crippen molar-refractivity contribution in [3.8, 4) is 0 Å². The standard InChI is InChI=1S/C73H118O16P2/c1-4-7-10-13-16-19-22-25-28-30-32-33-35-37-39-41-44-47-50-53-56-59-71(76)83-62-68(74)63-85-90(79,80)86-64-69(75)65-87-91(81,82)88-67-70(89-73(78)61-58-55-52-49-46-43-38-27-24-21-18-15-12-9-6-3)66-84-72(77)60-57-54-51-48-45-42-40-36-34-31-29-26-23-20-17-14-11-8-5-2/h7-8,10-11,16-17,19-20,25-29,32-34,36-39,42,44-45,47,51,54,68-70,74-75H,4-6,9,12-15,18,21-24,30-31,35,40-41,43,46,48-50,52-53,55-67H2,1-3H3,(H,79,80)(H,81,82)/b10-7-,11-8-,19-16-,20-17-,28-25-,29-26-,33-32-,36-34-,38-27-,39-37-,45-42-,47-44-,54-51-. The predicted octanol–water partition coefficient (Wildman–Crippen LogP) is 18.7. The van der Waals surface area contributed by atoms with Crippen LogP contribution in [-0.2, 0) is 55.8 Å². The molecule has 0 bridgehead atoms. The Morgan fingerprint density at radius 1 is 0.319 bits per heavy atom. The number of unbranched alkanes of at least 4 members (excludes halogenated alkanes) is 13. The smallest absolute Gasteiger partial charge is 0.463 e. The number of allylic oxidation sites excluding steroid dienone is 26. The Labute approximate surface area is 549 Å². The van der Waals surface area contributed by atoms with E-state index in [9.17, 15) is 43.5 Å². The van der Waals surface area contributed by atoms with E-state index in [2.05, 4.69) is 161 Å². The number of carbonyl (C=O) groups is 3. The fraction of sp³-hybridized carbons (Fsp3) is 0.603. The van der Waals surface area contributed by atoms with Crippen LogP contribution in [0.25, 0.3) is 0 Å². The fourth-order valence-corrected chi connectivity index (χ4v) is 9.71. The van der Waals surface area contributed by atoms with Crippen molar-refractivity contribution >= 4 is 33.6 Å². The number of ether oxygens (including phenoxy) is 3. The molecule has 0 aliphatic carbocycles. The number of phosphoric ester groups is 2. The molecular weight excluding hydrogens is 1190 g/mol. The molecule has 0 heterocycles. The second-order valence-corrected chi connectivity index (χ2v) is 24.8. The molecule has 5 atom stereocenters. The Morgan fingerprint density at radius 3 is 1.02 bits per heavy atom. The summed E-state index contributed by atoms with van der Waals surface area (Å²) < 4.78 is 60.7. The third-order valence-corrected chi connectivity index (χ3v) is 15.1. The van der Waals surface area contributed by atoms with Crippen molar-refractivity contribution in [2.75, 3.05) is 39.6 Å². The van der Waals surface area contributed by atoms with Crippen molar-refractivity contribution in [1.29, 1.82) is 0 Å². The minimum absolute atomic E-state index is 0.0374. The van der Waals surface area contributed by atoms with Gasteiger partial charge in [-0.1, -0.05) is 230 Å². The Kier molecular flexibility index (Phi) is 61.8. The first-order valence-electron chi connectivity index (χ1n) is 33.8. The highest BCUT2D eigenvalue weighted by atomic mass is 31.2. The van der Waals surface area contributed by atoms with Gasteiger partial charge in [-0.25, -0.2) is 9.13 Å². The average Bonchev–Trinajstić information content (AvgIpc) is 3.09. The zero-order chi connectivity index (χ0) is 66.7. The van der Waals surface area contributed by atoms with Crippen LogP contribution in [-0.4, -0.2) is 95.9 Å². The molecule has 0 aliphatic heterocycles. The molecule has 516 valence electrons. The summed E-state index contributed by atoms with van der Waals surface area (Å²) in [5.41, 5.74) is 0. The van der Waals surface area contributed by atoms with Gasteiger partial charge < -0.3 is 34.2 Å². The van der Waals surface area contributed by atoms with Crippen LogP contribution in [0.1, 0.15) is 226 Å². The van der Waals surface area contributed by atoms with Gasteiger partial charge in [0.1, 0.15) is 25.4 Å². The van der Waals surface area contributed by atoms with Gasteiger partial charge in [-0.05, 0) is 135 Å². The molecule has 91 heavy (non-hydrogen) atoms. The van der Waals surface area contributed by atoms with Crippen molar-refractivity contribution in [1.82, 2.24) is 0 Å². The van der Waals surface area contributed by atoms with Crippen LogP contribution in [0.2, 0.25) is 0 Å². The molecule has 18 heteroatoms. The lowest BCUT2D eigenvalue weighted by Crippen LogP contribution is -2.30. The molecule has 0 amide bonds. The van der Waals surface area contributed by atoms with E-state index < -0.39 is 91.5 Å². The van der Waals surface area contributed by atoms with E-state index >= 15 is 0 Å². The third-order valence-electron chi connectivity index (χ3n) is 13.2. The number of hydrogen-bond donors (Lipinski definition) is 4. The molecule has 0 aromatic rings. The van der Waals surface area contributed by atoms with Crippen LogP contribution in [0.5, 0.6) is 0 Å². The molecule has 0 saturated carbocycles. The molecule has 5 unspecified atom stereocenters. The topological polar surface area (TPSA) is 231 Å². The van der Waals surface area contributed by atoms with Crippen molar-refractivity contribution in [3.05, 3.63) is 158 Å². The number of hydrogen-bond acceptors (Lipinski definition) is 14. The fourth-order valence-electron chi connectivity index (χ4n) is 8.12. The summed E-state index contributed by atoms with van der Waals surface area (Å²) in [6.07, 6.45) is 78.9. The van der Waals surface area contributed by atoms with Gasteiger partial charge in [0.2, 0.25) is 0 Å². The first-order valence-corrected chi connectivity index (χ1v) is 36.8. The normalized spacial score (nSPS) is 15.2. The summed E-state index contributed by atoms with van der Waals surface area (Å²) in [7, 11) is -9.82. The maximum atomic E-state index is 12.9. The largest absolute Gasteiger partial charge is 0.472 e. The van der Waals surface area contributed by atoms with E-state index in [0.717, 1.165) is 122 Å². The van der Waals surface area contributed by atoms with Gasteiger partial charge in [-0.3, -0.25) is 32.5 Å². The van der Waals surface area contributed by atoms with Gasteiger partial charge in [-0.15, -0.1) is 0 Å². The Hall–Kier alpha value is -4.83. The van der Waals surface area contributed by atoms with E-state index in [1.807, 2.05) is 18.2 Å². The van der Waals surface area contributed by atoms with Gasteiger partial charge in [0.15, 0.2) is 6.10 Å². The molecule has 0 radical (unpaired) electrons. The van der Waals surface area contributed by atoms with Crippen molar-refractivity contribution < 1.29 is 75.8 Å². The SMILES string of the molecule is CC/C=C\C/C=C\C/C=C\C/C=C\C/C=C\C/C=C\CCCCC(=O)OCC(O)COP(=O)(O)OCC(O)COP(=O)(O)OCC(COC(=O)CC/C=C\C/C=C\C/C=C\C/C=C\C/C=C\C/C=C\CC)OC(=O)CCCCCCC/C=C\CCCCCCCC. The van der Waals surface area contributed by atoms with Crippen molar-refractivity contribution in [2.24, 2.45) is 0 Å². The summed E-state index contributed by atoms with van der Waals surface area (Å²) in [5.74, 6) is -1.74. The summed E-state index contributed by atoms with van der Waals surface area (Å²) in [6.45, 7) is 2.25. The molecule has 0 spiro atoms. The quantitative estimate of drug-likeness (QED) is 0.0146. The molecule has 0 aromatic carbocycles. The van der Waals surface area contributed by atoms with Crippen LogP contribution in [0.3, 0.4) is 0 Å². The average molecular weight is 1310 g/mol. The lowest BCUT2D eigenvalue weighted by atomic mass is 10.1. The van der Waals surface area contributed by atoms with Crippen LogP contribution in [0.15, 0.2) is 158 Å². The summed E-state index contributed by atoms with van der Waals surface area (Å²) >= 11 is 0. The lowest BCUT2D eigenvalue weighted by molar-refractivity contribution is -0.161. The van der Waals surface area contributed by atoms with Gasteiger partial charge in [-0.2, -0.15) is 0 Å². The molecule has 16 nitrogen and oxygen atoms in total. The van der Waals surface area contributed by atoms with E-state index in [0.29, 0.717) is 25.7 Å². The third kappa shape index (κ3) is 66.4. The molecule has 4 N–H and O–H groups in total. The minimum Gasteiger partial charge on any atom is -0.463 e. The molecule has 0 aliphatic rings. The monoisotopic (exact) mass is 1310 g/mol. The highest BCUT2D eigenvalue weighted by molar-refractivity contribution is 7.47. The summed E-state index contributed by atoms with van der Waals surface area (Å²) in [5, 5.41) is 20.5. The minimum atomic E-state index is -4.95. The number of rotatable bonds is 62. The van der Waals surface area contributed by atoms with E-state index in [1.165, 1.54) is 38.5 Å². The number of phosphoric acid groups is 2. The maximum absolute atomic E-state index is 12.9. The van der Waals surface area contributed by atoms with Crippen molar-refractivity contribution in [2.45, 2.75) is 245 Å². The van der Waals surface area contributed by atoms with Crippen LogP contribution < -0.4 is 0 Å². The Bertz CT molecular complexity index is 2290. The predicted molar refractivity (Wildman–Crippen MR) is 371 cm³/mol. The Morgan fingerprint density at radius 2 is 0.604 bits per heavy atom. The second kappa shape index (κ2) is 65.2. The van der Waals surface area contributed by atoms with E-state index in [4.69, 9.17) is 32.3 Å². The highest BCUT2D eigenvalue weighted by Crippen LogP contribution is 2.45. The van der Waals surface area contributed by atoms with Crippen LogP contribution in [0.4, 0.5) is 0 Å². The van der Waals surface area contributed by atoms with E-state index in [-0.39, 0.29) is 19.3 Å². The van der Waals surface area contributed by atoms with Crippen molar-refractivity contribution in [3.63, 3.8) is 0 Å². The highest BCUT2D eigenvalue weighted by Gasteiger charge is 2.29. The summed E-state index contributed by atoms with van der Waals surface area (Å²) in [6, 6.07) is 0. The van der Waals surface area contributed by atoms with Gasteiger partial charge in [0, 0.05) is 19.3 Å². The molecule has 0 fully saturated rings. The van der Waals surface area contributed by atoms with E-state index in [1.54, 1.807) is 0 Å². The number of carbonyl (C=O) groups excluding carboxylic acids is 3. The molecule has 0 aromatic heterocycles. The van der Waals surface area contributed by atoms with Gasteiger partial charge >= 0.3 is 33.6 Å². The zero-order valence-electron chi connectivity index (χ0n) is 55.7.